The topological polar surface area (TPSA) is 60.2 Å². The molecule has 0 atom stereocenters. The van der Waals surface area contributed by atoms with Crippen LogP contribution in [0.4, 0.5) is 0 Å². The zero-order valence-corrected chi connectivity index (χ0v) is 11.8. The molecular weight excluding hydrogens is 242 g/mol. The minimum Gasteiger partial charge on any atom is -0.367 e. The Balaban J connectivity index is 1.80. The maximum atomic E-state index is 6.05. The Labute approximate surface area is 114 Å². The second-order valence-corrected chi connectivity index (χ2v) is 5.92. The van der Waals surface area contributed by atoms with Gasteiger partial charge in [0.2, 0.25) is 11.7 Å². The molecule has 1 aliphatic carbocycles. The van der Waals surface area contributed by atoms with Gasteiger partial charge in [-0.1, -0.05) is 12.1 Å². The Hall–Kier alpha value is -0.940. The average molecular weight is 265 g/mol. The summed E-state index contributed by atoms with van der Waals surface area (Å²) in [5, 5.41) is 7.45. The molecule has 5 heteroatoms. The van der Waals surface area contributed by atoms with E-state index >= 15 is 0 Å². The number of nitrogens with zero attached hydrogens (tertiary/aromatic N) is 2. The summed E-state index contributed by atoms with van der Waals surface area (Å²) in [6.45, 7) is 6.93. The summed E-state index contributed by atoms with van der Waals surface area (Å²) >= 11 is 0. The van der Waals surface area contributed by atoms with Crippen molar-refractivity contribution in [3.8, 4) is 0 Å². The van der Waals surface area contributed by atoms with Gasteiger partial charge in [-0.3, -0.25) is 0 Å². The lowest BCUT2D eigenvalue weighted by Crippen LogP contribution is -2.40. The molecule has 0 radical (unpaired) electrons. The van der Waals surface area contributed by atoms with Gasteiger partial charge in [-0.15, -0.1) is 0 Å². The first-order valence-electron chi connectivity index (χ1n) is 7.42. The first-order valence-corrected chi connectivity index (χ1v) is 7.42. The molecule has 1 saturated heterocycles. The Kier molecular flexibility index (Phi) is 3.58. The number of hydrogen-bond donors (Lipinski definition) is 1. The van der Waals surface area contributed by atoms with Gasteiger partial charge in [0.1, 0.15) is 5.60 Å². The van der Waals surface area contributed by atoms with Crippen LogP contribution in [0, 0.1) is 5.92 Å². The van der Waals surface area contributed by atoms with Crippen LogP contribution in [0.5, 0.6) is 0 Å². The zero-order chi connectivity index (χ0) is 13.3. The molecule has 3 rings (SSSR count). The van der Waals surface area contributed by atoms with Crippen molar-refractivity contribution in [1.82, 2.24) is 15.5 Å². The van der Waals surface area contributed by atoms with E-state index in [4.69, 9.17) is 9.26 Å². The van der Waals surface area contributed by atoms with Crippen LogP contribution in [0.15, 0.2) is 4.52 Å². The van der Waals surface area contributed by atoms with Gasteiger partial charge in [0.05, 0.1) is 5.92 Å². The fourth-order valence-electron chi connectivity index (χ4n) is 2.99. The van der Waals surface area contributed by atoms with E-state index in [1.807, 2.05) is 6.92 Å². The van der Waals surface area contributed by atoms with Crippen LogP contribution in [-0.2, 0) is 10.3 Å². The van der Waals surface area contributed by atoms with Crippen molar-refractivity contribution in [2.75, 3.05) is 19.7 Å². The lowest BCUT2D eigenvalue weighted by atomic mass is 9.79. The third kappa shape index (κ3) is 2.41. The molecule has 2 aliphatic rings. The SMILES string of the molecule is CCOC1(c2noc(C3CNC3)n2)CCC(C)CC1. The second-order valence-electron chi connectivity index (χ2n) is 5.92. The molecule has 2 heterocycles. The number of rotatable bonds is 4. The molecule has 2 fully saturated rings. The average Bonchev–Trinajstić information content (AvgIpc) is 2.80. The van der Waals surface area contributed by atoms with Crippen molar-refractivity contribution in [2.24, 2.45) is 5.92 Å². The highest BCUT2D eigenvalue weighted by Crippen LogP contribution is 2.41. The molecule has 106 valence electrons. The van der Waals surface area contributed by atoms with E-state index in [0.29, 0.717) is 12.5 Å². The first kappa shape index (κ1) is 13.1. The van der Waals surface area contributed by atoms with Crippen molar-refractivity contribution in [1.29, 1.82) is 0 Å². The summed E-state index contributed by atoms with van der Waals surface area (Å²) in [5.74, 6) is 2.70. The molecule has 0 aromatic carbocycles. The maximum absolute atomic E-state index is 6.05. The summed E-state index contributed by atoms with van der Waals surface area (Å²) in [4.78, 5) is 4.63. The van der Waals surface area contributed by atoms with Gasteiger partial charge in [-0.25, -0.2) is 0 Å². The number of hydrogen-bond acceptors (Lipinski definition) is 5. The van der Waals surface area contributed by atoms with Crippen LogP contribution in [0.3, 0.4) is 0 Å². The summed E-state index contributed by atoms with van der Waals surface area (Å²) < 4.78 is 11.5. The minimum absolute atomic E-state index is 0.305. The summed E-state index contributed by atoms with van der Waals surface area (Å²) in [6, 6.07) is 0. The third-order valence-electron chi connectivity index (χ3n) is 4.48. The van der Waals surface area contributed by atoms with Crippen molar-refractivity contribution < 1.29 is 9.26 Å². The van der Waals surface area contributed by atoms with Gasteiger partial charge in [0.15, 0.2) is 0 Å². The van der Waals surface area contributed by atoms with Gasteiger partial charge in [0.25, 0.3) is 0 Å². The Morgan fingerprint density at radius 1 is 1.37 bits per heavy atom. The van der Waals surface area contributed by atoms with E-state index in [0.717, 1.165) is 43.6 Å². The van der Waals surface area contributed by atoms with Gasteiger partial charge in [-0.05, 0) is 38.5 Å². The summed E-state index contributed by atoms with van der Waals surface area (Å²) in [5.41, 5.74) is -0.305. The fraction of sp³-hybridized carbons (Fsp3) is 0.857. The van der Waals surface area contributed by atoms with Crippen molar-refractivity contribution in [3.63, 3.8) is 0 Å². The maximum Gasteiger partial charge on any atom is 0.232 e. The van der Waals surface area contributed by atoms with Gasteiger partial charge >= 0.3 is 0 Å². The van der Waals surface area contributed by atoms with Gasteiger partial charge in [0, 0.05) is 19.7 Å². The van der Waals surface area contributed by atoms with Crippen molar-refractivity contribution in [2.45, 2.75) is 51.0 Å². The lowest BCUT2D eigenvalue weighted by Gasteiger charge is -2.36. The molecule has 1 aromatic heterocycles. The predicted octanol–water partition coefficient (Wildman–Crippen LogP) is 2.20. The molecule has 1 saturated carbocycles. The first-order chi connectivity index (χ1) is 9.23. The Bertz CT molecular complexity index is 420. The van der Waals surface area contributed by atoms with Gasteiger partial charge in [-0.2, -0.15) is 4.98 Å². The highest BCUT2D eigenvalue weighted by molar-refractivity contribution is 5.08. The van der Waals surface area contributed by atoms with Crippen LogP contribution in [0.2, 0.25) is 0 Å². The van der Waals surface area contributed by atoms with E-state index in [1.165, 1.54) is 12.8 Å². The van der Waals surface area contributed by atoms with Gasteiger partial charge < -0.3 is 14.6 Å². The molecule has 1 N–H and O–H groups in total. The number of aromatic nitrogens is 2. The summed E-state index contributed by atoms with van der Waals surface area (Å²) in [6.07, 6.45) is 4.36. The zero-order valence-electron chi connectivity index (χ0n) is 11.8. The fourth-order valence-corrected chi connectivity index (χ4v) is 2.99. The highest BCUT2D eigenvalue weighted by Gasteiger charge is 2.41. The molecule has 0 amide bonds. The van der Waals surface area contributed by atoms with Crippen molar-refractivity contribution in [3.05, 3.63) is 11.7 Å². The molecular formula is C14H23N3O2. The Morgan fingerprint density at radius 3 is 2.68 bits per heavy atom. The standard InChI is InChI=1S/C14H23N3O2/c1-3-18-14(6-4-10(2)5-7-14)13-16-12(19-17-13)11-8-15-9-11/h10-11,15H,3-9H2,1-2H3. The summed E-state index contributed by atoms with van der Waals surface area (Å²) in [7, 11) is 0. The molecule has 5 nitrogen and oxygen atoms in total. The number of ether oxygens (including phenoxy) is 1. The van der Waals surface area contributed by atoms with Crippen LogP contribution in [0.1, 0.15) is 57.2 Å². The molecule has 19 heavy (non-hydrogen) atoms. The smallest absolute Gasteiger partial charge is 0.232 e. The monoisotopic (exact) mass is 265 g/mol. The minimum atomic E-state index is -0.305. The van der Waals surface area contributed by atoms with E-state index in [1.54, 1.807) is 0 Å². The molecule has 1 aliphatic heterocycles. The van der Waals surface area contributed by atoms with Crippen LogP contribution in [-0.4, -0.2) is 29.8 Å². The lowest BCUT2D eigenvalue weighted by molar-refractivity contribution is -0.0847. The highest BCUT2D eigenvalue weighted by atomic mass is 16.5. The van der Waals surface area contributed by atoms with E-state index < -0.39 is 0 Å². The normalized spacial score (nSPS) is 32.2. The van der Waals surface area contributed by atoms with E-state index in [9.17, 15) is 0 Å². The molecule has 0 unspecified atom stereocenters. The van der Waals surface area contributed by atoms with E-state index in [2.05, 4.69) is 22.4 Å². The quantitative estimate of drug-likeness (QED) is 0.904. The largest absolute Gasteiger partial charge is 0.367 e. The molecule has 1 aromatic rings. The second kappa shape index (κ2) is 5.21. The molecule has 0 spiro atoms. The van der Waals surface area contributed by atoms with E-state index in [-0.39, 0.29) is 5.60 Å². The Morgan fingerprint density at radius 2 is 2.11 bits per heavy atom. The van der Waals surface area contributed by atoms with Crippen LogP contribution in [0.25, 0.3) is 0 Å². The third-order valence-corrected chi connectivity index (χ3v) is 4.48. The van der Waals surface area contributed by atoms with Crippen LogP contribution < -0.4 is 5.32 Å². The predicted molar refractivity (Wildman–Crippen MR) is 70.8 cm³/mol. The van der Waals surface area contributed by atoms with Crippen LogP contribution >= 0.6 is 0 Å². The van der Waals surface area contributed by atoms with Crippen molar-refractivity contribution >= 4 is 0 Å². The molecule has 0 bridgehead atoms. The number of nitrogens with one attached hydrogen (secondary N) is 1.